The van der Waals surface area contributed by atoms with E-state index in [0.29, 0.717) is 27.8 Å². The summed E-state index contributed by atoms with van der Waals surface area (Å²) >= 11 is 12.3. The molecule has 2 atom stereocenters. The van der Waals surface area contributed by atoms with Gasteiger partial charge in [-0.25, -0.2) is 9.78 Å². The summed E-state index contributed by atoms with van der Waals surface area (Å²) in [7, 11) is 0. The number of nitrogens with zero attached hydrogens (tertiary/aromatic N) is 4. The molecule has 2 aliphatic rings. The van der Waals surface area contributed by atoms with Gasteiger partial charge in [0.05, 0.1) is 12.6 Å². The highest BCUT2D eigenvalue weighted by molar-refractivity contribution is 6.35. The van der Waals surface area contributed by atoms with Crippen molar-refractivity contribution in [3.8, 4) is 0 Å². The first-order valence-corrected chi connectivity index (χ1v) is 12.0. The maximum Gasteiger partial charge on any atom is 0.341 e. The molecule has 3 heterocycles. The highest BCUT2D eigenvalue weighted by Crippen LogP contribution is 2.34. The smallest absolute Gasteiger partial charge is 0.341 e. The number of aliphatic hydroxyl groups is 1. The molecular weight excluding hydrogens is 465 g/mol. The molecule has 3 N–H and O–H groups in total. The fourth-order valence-corrected chi connectivity index (χ4v) is 5.29. The number of β-amino-alcohol motifs (C(OH)–C–C–N with tert-alkyl or cyclic N) is 1. The van der Waals surface area contributed by atoms with Gasteiger partial charge in [0, 0.05) is 42.4 Å². The van der Waals surface area contributed by atoms with E-state index in [1.807, 2.05) is 13.0 Å². The molecule has 178 valence electrons. The topological polar surface area (TPSA) is 102 Å². The van der Waals surface area contributed by atoms with Crippen LogP contribution in [0.3, 0.4) is 0 Å². The van der Waals surface area contributed by atoms with Gasteiger partial charge in [-0.1, -0.05) is 29.3 Å². The molecule has 2 saturated heterocycles. The Hall–Kier alpha value is -2.13. The summed E-state index contributed by atoms with van der Waals surface area (Å²) < 4.78 is 0. The van der Waals surface area contributed by atoms with Gasteiger partial charge >= 0.3 is 5.97 Å². The Morgan fingerprint density at radius 2 is 2.06 bits per heavy atom. The van der Waals surface area contributed by atoms with E-state index in [9.17, 15) is 15.0 Å². The van der Waals surface area contributed by atoms with Crippen molar-refractivity contribution in [3.63, 3.8) is 0 Å². The first kappa shape index (κ1) is 24.0. The van der Waals surface area contributed by atoms with E-state index < -0.39 is 5.97 Å². The molecule has 0 aliphatic carbocycles. The van der Waals surface area contributed by atoms with Gasteiger partial charge in [0.2, 0.25) is 5.95 Å². The number of carboxylic acids is 1. The highest BCUT2D eigenvalue weighted by atomic mass is 35.5. The summed E-state index contributed by atoms with van der Waals surface area (Å²) in [5.74, 6) is 0.852. The number of nitrogens with one attached hydrogen (secondary N) is 1. The molecule has 1 aromatic heterocycles. The number of hydrogen-bond acceptors (Lipinski definition) is 7. The largest absolute Gasteiger partial charge is 0.477 e. The third-order valence-corrected chi connectivity index (χ3v) is 7.17. The lowest BCUT2D eigenvalue weighted by Crippen LogP contribution is -2.54. The molecule has 8 nitrogen and oxygen atoms in total. The first-order chi connectivity index (χ1) is 15.9. The van der Waals surface area contributed by atoms with E-state index in [0.717, 1.165) is 44.7 Å². The van der Waals surface area contributed by atoms with Crippen LogP contribution in [-0.4, -0.2) is 70.4 Å². The molecule has 2 aliphatic heterocycles. The number of aromatic carboxylic acids is 1. The van der Waals surface area contributed by atoms with Gasteiger partial charge in [0.25, 0.3) is 0 Å². The van der Waals surface area contributed by atoms with Crippen LogP contribution in [0.15, 0.2) is 24.4 Å². The van der Waals surface area contributed by atoms with E-state index in [-0.39, 0.29) is 24.0 Å². The van der Waals surface area contributed by atoms with Gasteiger partial charge < -0.3 is 25.3 Å². The Labute approximate surface area is 203 Å². The molecule has 0 radical (unpaired) electrons. The van der Waals surface area contributed by atoms with Gasteiger partial charge in [-0.2, -0.15) is 4.98 Å². The number of carboxylic acid groups (broad SMARTS) is 1. The lowest BCUT2D eigenvalue weighted by Gasteiger charge is -2.46. The van der Waals surface area contributed by atoms with E-state index in [1.165, 1.54) is 12.6 Å². The molecule has 0 bridgehead atoms. The van der Waals surface area contributed by atoms with Crippen molar-refractivity contribution in [2.75, 3.05) is 49.5 Å². The van der Waals surface area contributed by atoms with Crippen LogP contribution < -0.4 is 10.2 Å². The number of aliphatic hydroxyl groups excluding tert-OH is 1. The Morgan fingerprint density at radius 3 is 2.76 bits per heavy atom. The second-order valence-corrected chi connectivity index (χ2v) is 9.70. The maximum atomic E-state index is 11.8. The van der Waals surface area contributed by atoms with E-state index in [4.69, 9.17) is 23.2 Å². The molecular formula is C23H29Cl2N5O3. The number of halogens is 2. The number of likely N-dealkylation sites (tertiary alicyclic amines) is 1. The minimum atomic E-state index is -1.09. The lowest BCUT2D eigenvalue weighted by atomic mass is 9.81. The van der Waals surface area contributed by atoms with Crippen LogP contribution in [-0.2, 0) is 0 Å². The van der Waals surface area contributed by atoms with Crippen LogP contribution in [0.2, 0.25) is 10.0 Å². The Bertz CT molecular complexity index is 1000. The summed E-state index contributed by atoms with van der Waals surface area (Å²) in [6.45, 7) is 6.59. The van der Waals surface area contributed by atoms with Crippen molar-refractivity contribution < 1.29 is 15.0 Å². The SMILES string of the molecule is C[C@@H](Nc1nc(N2CC([C@H]3CCCN(CCO)C3)C2)ncc1C(=O)O)c1ccc(Cl)cc1Cl. The van der Waals surface area contributed by atoms with Crippen LogP contribution >= 0.6 is 23.2 Å². The lowest BCUT2D eigenvalue weighted by molar-refractivity contribution is 0.0697. The molecule has 0 spiro atoms. The molecule has 0 unspecified atom stereocenters. The zero-order valence-electron chi connectivity index (χ0n) is 18.5. The maximum absolute atomic E-state index is 11.8. The molecule has 33 heavy (non-hydrogen) atoms. The van der Waals surface area contributed by atoms with E-state index in [2.05, 4.69) is 25.1 Å². The van der Waals surface area contributed by atoms with Crippen molar-refractivity contribution in [1.29, 1.82) is 0 Å². The van der Waals surface area contributed by atoms with Crippen LogP contribution in [0.4, 0.5) is 11.8 Å². The number of anilines is 2. The minimum Gasteiger partial charge on any atom is -0.477 e. The number of carbonyl (C=O) groups is 1. The van der Waals surface area contributed by atoms with Gasteiger partial charge in [-0.05, 0) is 55.8 Å². The van der Waals surface area contributed by atoms with Crippen LogP contribution in [0.5, 0.6) is 0 Å². The summed E-state index contributed by atoms with van der Waals surface area (Å²) in [6, 6.07) is 4.94. The number of piperidine rings is 1. The van der Waals surface area contributed by atoms with Crippen molar-refractivity contribution in [3.05, 3.63) is 45.6 Å². The van der Waals surface area contributed by atoms with Gasteiger partial charge in [0.1, 0.15) is 11.4 Å². The molecule has 0 saturated carbocycles. The monoisotopic (exact) mass is 493 g/mol. The van der Waals surface area contributed by atoms with Crippen LogP contribution in [0.25, 0.3) is 0 Å². The standard InChI is InChI=1S/C23H29Cl2N5O3/c1-14(18-5-4-17(24)9-20(18)25)27-21-19(22(32)33)10-26-23(28-21)30-12-16(13-30)15-3-2-6-29(11-15)7-8-31/h4-5,9-10,14-16,31H,2-3,6-8,11-13H2,1H3,(H,32,33)(H,26,27,28)/t14-,15+/m1/s1. The second kappa shape index (κ2) is 10.4. The number of benzene rings is 1. The molecule has 2 fully saturated rings. The van der Waals surface area contributed by atoms with Gasteiger partial charge in [0.15, 0.2) is 0 Å². The Morgan fingerprint density at radius 1 is 1.27 bits per heavy atom. The van der Waals surface area contributed by atoms with Crippen molar-refractivity contribution in [2.45, 2.75) is 25.8 Å². The van der Waals surface area contributed by atoms with Gasteiger partial charge in [-0.15, -0.1) is 0 Å². The number of hydrogen-bond donors (Lipinski definition) is 3. The van der Waals surface area contributed by atoms with Crippen molar-refractivity contribution in [1.82, 2.24) is 14.9 Å². The van der Waals surface area contributed by atoms with E-state index >= 15 is 0 Å². The Balaban J connectivity index is 1.45. The van der Waals surface area contributed by atoms with Crippen LogP contribution in [0.1, 0.15) is 41.7 Å². The second-order valence-electron chi connectivity index (χ2n) is 8.86. The molecule has 4 rings (SSSR count). The normalized spacial score (nSPS) is 20.4. The summed E-state index contributed by atoms with van der Waals surface area (Å²) in [4.78, 5) is 25.1. The number of rotatable bonds is 8. The summed E-state index contributed by atoms with van der Waals surface area (Å²) in [6.07, 6.45) is 3.72. The number of aromatic nitrogens is 2. The summed E-state index contributed by atoms with van der Waals surface area (Å²) in [5, 5.41) is 23.1. The third-order valence-electron chi connectivity index (χ3n) is 6.61. The average Bonchev–Trinajstić information content (AvgIpc) is 2.73. The zero-order valence-corrected chi connectivity index (χ0v) is 20.1. The average molecular weight is 494 g/mol. The molecule has 2 aromatic rings. The van der Waals surface area contributed by atoms with Crippen molar-refractivity contribution >= 4 is 40.9 Å². The summed E-state index contributed by atoms with van der Waals surface area (Å²) in [5.41, 5.74) is 0.811. The van der Waals surface area contributed by atoms with Crippen LogP contribution in [0, 0.1) is 11.8 Å². The first-order valence-electron chi connectivity index (χ1n) is 11.3. The molecule has 1 aromatic carbocycles. The quantitative estimate of drug-likeness (QED) is 0.510. The third kappa shape index (κ3) is 5.51. The molecule has 0 amide bonds. The predicted octanol–water partition coefficient (Wildman–Crippen LogP) is 3.80. The minimum absolute atomic E-state index is 0.0136. The van der Waals surface area contributed by atoms with Gasteiger partial charge in [-0.3, -0.25) is 0 Å². The van der Waals surface area contributed by atoms with Crippen molar-refractivity contribution in [2.24, 2.45) is 11.8 Å². The van der Waals surface area contributed by atoms with E-state index in [1.54, 1.807) is 12.1 Å². The Kier molecular flexibility index (Phi) is 7.58. The predicted molar refractivity (Wildman–Crippen MR) is 129 cm³/mol. The zero-order chi connectivity index (χ0) is 23.5. The highest BCUT2D eigenvalue weighted by Gasteiger charge is 2.37. The fourth-order valence-electron chi connectivity index (χ4n) is 4.72. The molecule has 10 heteroatoms. The fraction of sp³-hybridized carbons (Fsp3) is 0.522.